The van der Waals surface area contributed by atoms with Crippen LogP contribution in [0.1, 0.15) is 25.7 Å². The van der Waals surface area contributed by atoms with Crippen LogP contribution < -0.4 is 5.32 Å². The molecule has 0 bridgehead atoms. The summed E-state index contributed by atoms with van der Waals surface area (Å²) in [6.45, 7) is 1.24. The number of rotatable bonds is 5. The summed E-state index contributed by atoms with van der Waals surface area (Å²) >= 11 is 1.65. The number of nitrogens with one attached hydrogen (secondary N) is 1. The van der Waals surface area contributed by atoms with Crippen molar-refractivity contribution in [2.75, 3.05) is 18.4 Å². The van der Waals surface area contributed by atoms with Gasteiger partial charge in [0, 0.05) is 25.3 Å². The highest BCUT2D eigenvalue weighted by atomic mass is 32.2. The molecule has 0 amide bonds. The van der Waals surface area contributed by atoms with Gasteiger partial charge in [-0.1, -0.05) is 41.7 Å². The number of piperidine rings is 1. The van der Waals surface area contributed by atoms with Gasteiger partial charge >= 0.3 is 0 Å². The van der Waals surface area contributed by atoms with Crippen molar-refractivity contribution in [2.45, 2.75) is 37.0 Å². The normalized spacial score (nSPS) is 20.2. The van der Waals surface area contributed by atoms with Crippen LogP contribution in [0.2, 0.25) is 0 Å². The van der Waals surface area contributed by atoms with Gasteiger partial charge in [0.25, 0.3) is 0 Å². The molecule has 24 heavy (non-hydrogen) atoms. The molecule has 0 radical (unpaired) electrons. The molecule has 1 saturated heterocycles. The van der Waals surface area contributed by atoms with Crippen LogP contribution in [0.3, 0.4) is 0 Å². The summed E-state index contributed by atoms with van der Waals surface area (Å²) in [6, 6.07) is 10.5. The first-order chi connectivity index (χ1) is 11.6. The van der Waals surface area contributed by atoms with E-state index < -0.39 is 10.0 Å². The van der Waals surface area contributed by atoms with Crippen molar-refractivity contribution >= 4 is 26.5 Å². The number of nitrogens with zero attached hydrogens (tertiary/aromatic N) is 2. The van der Waals surface area contributed by atoms with Crippen molar-refractivity contribution in [3.8, 4) is 10.4 Å². The molecular formula is C17H21N3O2S2. The highest BCUT2D eigenvalue weighted by molar-refractivity contribution is 7.90. The van der Waals surface area contributed by atoms with Gasteiger partial charge in [-0.2, -0.15) is 0 Å². The number of aromatic nitrogens is 1. The van der Waals surface area contributed by atoms with E-state index in [1.165, 1.54) is 5.56 Å². The predicted octanol–water partition coefficient (Wildman–Crippen LogP) is 3.18. The van der Waals surface area contributed by atoms with E-state index in [0.717, 1.165) is 35.7 Å². The second-order valence-corrected chi connectivity index (χ2v) is 9.70. The Balaban J connectivity index is 1.35. The lowest BCUT2D eigenvalue weighted by Crippen LogP contribution is -2.43. The molecule has 2 aliphatic rings. The smallest absolute Gasteiger partial charge is 0.216 e. The van der Waals surface area contributed by atoms with Gasteiger partial charge < -0.3 is 5.32 Å². The molecule has 1 aliphatic heterocycles. The van der Waals surface area contributed by atoms with Crippen LogP contribution in [0.15, 0.2) is 36.5 Å². The third kappa shape index (κ3) is 3.34. The maximum atomic E-state index is 12.3. The molecule has 1 saturated carbocycles. The summed E-state index contributed by atoms with van der Waals surface area (Å²) in [5.74, 6) is 0. The van der Waals surface area contributed by atoms with Crippen LogP contribution in [0.4, 0.5) is 5.13 Å². The minimum absolute atomic E-state index is 0.102. The molecule has 0 unspecified atom stereocenters. The molecule has 1 aromatic carbocycles. The number of benzene rings is 1. The van der Waals surface area contributed by atoms with E-state index in [9.17, 15) is 8.42 Å². The molecule has 1 aliphatic carbocycles. The molecule has 0 spiro atoms. The lowest BCUT2D eigenvalue weighted by molar-refractivity contribution is 0.329. The average molecular weight is 364 g/mol. The molecule has 128 valence electrons. The van der Waals surface area contributed by atoms with Gasteiger partial charge in [0.15, 0.2) is 5.13 Å². The van der Waals surface area contributed by atoms with Gasteiger partial charge in [-0.05, 0) is 31.2 Å². The van der Waals surface area contributed by atoms with Crippen molar-refractivity contribution in [2.24, 2.45) is 0 Å². The van der Waals surface area contributed by atoms with Crippen molar-refractivity contribution in [3.05, 3.63) is 36.5 Å². The number of hydrogen-bond donors (Lipinski definition) is 1. The summed E-state index contributed by atoms with van der Waals surface area (Å²) in [4.78, 5) is 5.61. The van der Waals surface area contributed by atoms with E-state index in [1.807, 2.05) is 24.4 Å². The first-order valence-corrected chi connectivity index (χ1v) is 10.7. The Morgan fingerprint density at radius 1 is 1.08 bits per heavy atom. The zero-order chi connectivity index (χ0) is 16.6. The van der Waals surface area contributed by atoms with Gasteiger partial charge in [-0.15, -0.1) is 0 Å². The molecule has 2 heterocycles. The van der Waals surface area contributed by atoms with Crippen LogP contribution in [0.25, 0.3) is 10.4 Å². The standard InChI is InChI=1S/C17H21N3O2S2/c21-24(22,15-6-7-15)20-10-8-14(9-11-20)19-17-18-12-16(23-17)13-4-2-1-3-5-13/h1-5,12,14-15H,6-11H2,(H,18,19). The Morgan fingerprint density at radius 3 is 2.46 bits per heavy atom. The largest absolute Gasteiger partial charge is 0.359 e. The number of anilines is 1. The highest BCUT2D eigenvalue weighted by Crippen LogP contribution is 2.33. The summed E-state index contributed by atoms with van der Waals surface area (Å²) < 4.78 is 26.2. The predicted molar refractivity (Wildman–Crippen MR) is 97.7 cm³/mol. The number of hydrogen-bond acceptors (Lipinski definition) is 5. The Labute approximate surface area is 146 Å². The Morgan fingerprint density at radius 2 is 1.79 bits per heavy atom. The third-order valence-electron chi connectivity index (χ3n) is 4.65. The van der Waals surface area contributed by atoms with Crippen molar-refractivity contribution < 1.29 is 8.42 Å². The summed E-state index contributed by atoms with van der Waals surface area (Å²) in [5, 5.41) is 4.29. The van der Waals surface area contributed by atoms with Crippen LogP contribution in [0.5, 0.6) is 0 Å². The number of thiazole rings is 1. The zero-order valence-corrected chi connectivity index (χ0v) is 15.0. The average Bonchev–Trinajstić information content (AvgIpc) is 3.37. The number of sulfonamides is 1. The van der Waals surface area contributed by atoms with Gasteiger partial charge in [0.1, 0.15) is 0 Å². The summed E-state index contributed by atoms with van der Waals surface area (Å²) in [7, 11) is -3.02. The van der Waals surface area contributed by atoms with Gasteiger partial charge in [-0.25, -0.2) is 17.7 Å². The highest BCUT2D eigenvalue weighted by Gasteiger charge is 2.41. The monoisotopic (exact) mass is 363 g/mol. The molecule has 0 atom stereocenters. The Kier molecular flexibility index (Phi) is 4.32. The van der Waals surface area contributed by atoms with Crippen LogP contribution in [-0.2, 0) is 10.0 Å². The maximum Gasteiger partial charge on any atom is 0.216 e. The summed E-state index contributed by atoms with van der Waals surface area (Å²) in [5.41, 5.74) is 1.17. The van der Waals surface area contributed by atoms with E-state index in [4.69, 9.17) is 0 Å². The topological polar surface area (TPSA) is 62.3 Å². The maximum absolute atomic E-state index is 12.3. The quantitative estimate of drug-likeness (QED) is 0.886. The van der Waals surface area contributed by atoms with E-state index in [-0.39, 0.29) is 5.25 Å². The fraction of sp³-hybridized carbons (Fsp3) is 0.471. The zero-order valence-electron chi connectivity index (χ0n) is 13.4. The van der Waals surface area contributed by atoms with Gasteiger partial charge in [-0.3, -0.25) is 0 Å². The summed E-state index contributed by atoms with van der Waals surface area (Å²) in [6.07, 6.45) is 5.25. The molecular weight excluding hydrogens is 342 g/mol. The molecule has 1 N–H and O–H groups in total. The van der Waals surface area contributed by atoms with Crippen LogP contribution in [0, 0.1) is 0 Å². The lowest BCUT2D eigenvalue weighted by Gasteiger charge is -2.31. The molecule has 2 aromatic rings. The molecule has 5 nitrogen and oxygen atoms in total. The van der Waals surface area contributed by atoms with Gasteiger partial charge in [0.2, 0.25) is 10.0 Å². The SMILES string of the molecule is O=S(=O)(C1CC1)N1CCC(Nc2ncc(-c3ccccc3)s2)CC1. The van der Waals surface area contributed by atoms with E-state index in [2.05, 4.69) is 22.4 Å². The van der Waals surface area contributed by atoms with Crippen LogP contribution >= 0.6 is 11.3 Å². The fourth-order valence-electron chi connectivity index (χ4n) is 3.08. The minimum atomic E-state index is -3.02. The van der Waals surface area contributed by atoms with Crippen molar-refractivity contribution in [1.82, 2.24) is 9.29 Å². The van der Waals surface area contributed by atoms with E-state index in [1.54, 1.807) is 15.6 Å². The fourth-order valence-corrected chi connectivity index (χ4v) is 5.85. The van der Waals surface area contributed by atoms with Crippen LogP contribution in [-0.4, -0.2) is 42.1 Å². The van der Waals surface area contributed by atoms with Crippen molar-refractivity contribution in [1.29, 1.82) is 0 Å². The van der Waals surface area contributed by atoms with E-state index >= 15 is 0 Å². The molecule has 2 fully saturated rings. The van der Waals surface area contributed by atoms with E-state index in [0.29, 0.717) is 19.1 Å². The lowest BCUT2D eigenvalue weighted by atomic mass is 10.1. The van der Waals surface area contributed by atoms with Crippen molar-refractivity contribution in [3.63, 3.8) is 0 Å². The Hall–Kier alpha value is -1.44. The molecule has 1 aromatic heterocycles. The second-order valence-electron chi connectivity index (χ2n) is 6.46. The Bertz CT molecular complexity index is 792. The first kappa shape index (κ1) is 16.1. The minimum Gasteiger partial charge on any atom is -0.359 e. The third-order valence-corrected chi connectivity index (χ3v) is 8.03. The first-order valence-electron chi connectivity index (χ1n) is 8.40. The molecule has 4 rings (SSSR count). The second kappa shape index (κ2) is 6.46. The van der Waals surface area contributed by atoms with Gasteiger partial charge in [0.05, 0.1) is 10.1 Å². The molecule has 7 heteroatoms.